The molecule has 0 atom stereocenters. The second-order valence-corrected chi connectivity index (χ2v) is 4.20. The molecule has 0 aliphatic rings. The maximum Gasteiger partial charge on any atom is 0.251 e. The quantitative estimate of drug-likeness (QED) is 0.584. The molecule has 0 aromatic rings. The van der Waals surface area contributed by atoms with E-state index in [0.717, 1.165) is 13.0 Å². The molecule has 0 spiro atoms. The van der Waals surface area contributed by atoms with Crippen LogP contribution in [-0.2, 0) is 19.0 Å². The highest BCUT2D eigenvalue weighted by Crippen LogP contribution is 2.06. The van der Waals surface area contributed by atoms with Crippen molar-refractivity contribution in [3.8, 4) is 0 Å². The smallest absolute Gasteiger partial charge is 0.251 e. The van der Waals surface area contributed by atoms with Crippen LogP contribution in [0.2, 0.25) is 0 Å². The molecule has 0 aliphatic carbocycles. The number of hydrogen-bond acceptors (Lipinski definition) is 4. The number of carbonyl (C=O) groups is 1. The molecule has 102 valence electrons. The monoisotopic (exact) mass is 247 g/mol. The van der Waals surface area contributed by atoms with Crippen molar-refractivity contribution in [2.24, 2.45) is 0 Å². The van der Waals surface area contributed by atoms with Crippen LogP contribution in [0.1, 0.15) is 27.2 Å². The Balaban J connectivity index is 3.37. The number of rotatable bonds is 10. The molecular weight excluding hydrogens is 222 g/mol. The van der Waals surface area contributed by atoms with Crippen molar-refractivity contribution in [2.75, 3.05) is 40.1 Å². The number of nitrogens with one attached hydrogen (secondary N) is 1. The van der Waals surface area contributed by atoms with Crippen LogP contribution in [0.5, 0.6) is 0 Å². The average Bonchev–Trinajstić information content (AvgIpc) is 2.32. The standard InChI is InChI=1S/C12H25NO4/c1-5-7-16-9-10-17-8-6-13-11(14)12(2,3)15-4/h5-10H2,1-4H3,(H,13,14). The van der Waals surface area contributed by atoms with Gasteiger partial charge in [0.1, 0.15) is 5.60 Å². The predicted molar refractivity (Wildman–Crippen MR) is 66.0 cm³/mol. The largest absolute Gasteiger partial charge is 0.379 e. The SMILES string of the molecule is CCCOCCOCCNC(=O)C(C)(C)OC. The van der Waals surface area contributed by atoms with E-state index in [9.17, 15) is 4.79 Å². The van der Waals surface area contributed by atoms with Crippen molar-refractivity contribution in [3.05, 3.63) is 0 Å². The first kappa shape index (κ1) is 16.4. The maximum atomic E-state index is 11.6. The molecule has 0 aromatic heterocycles. The summed E-state index contributed by atoms with van der Waals surface area (Å²) >= 11 is 0. The summed E-state index contributed by atoms with van der Waals surface area (Å²) in [5.41, 5.74) is -0.787. The maximum absolute atomic E-state index is 11.6. The molecular formula is C12H25NO4. The zero-order valence-electron chi connectivity index (χ0n) is 11.4. The topological polar surface area (TPSA) is 56.8 Å². The molecule has 0 unspecified atom stereocenters. The van der Waals surface area contributed by atoms with E-state index < -0.39 is 5.60 Å². The summed E-state index contributed by atoms with van der Waals surface area (Å²) in [6, 6.07) is 0. The minimum absolute atomic E-state index is 0.133. The minimum atomic E-state index is -0.787. The van der Waals surface area contributed by atoms with Crippen LogP contribution in [0.3, 0.4) is 0 Å². The van der Waals surface area contributed by atoms with Gasteiger partial charge in [-0.3, -0.25) is 4.79 Å². The summed E-state index contributed by atoms with van der Waals surface area (Å²) in [7, 11) is 1.52. The van der Waals surface area contributed by atoms with E-state index in [2.05, 4.69) is 12.2 Å². The van der Waals surface area contributed by atoms with E-state index in [0.29, 0.717) is 26.4 Å². The first-order valence-corrected chi connectivity index (χ1v) is 6.03. The number of carbonyl (C=O) groups excluding carboxylic acids is 1. The predicted octanol–water partition coefficient (Wildman–Crippen LogP) is 0.971. The third kappa shape index (κ3) is 8.12. The molecule has 0 fully saturated rings. The number of amides is 1. The second-order valence-electron chi connectivity index (χ2n) is 4.20. The highest BCUT2D eigenvalue weighted by molar-refractivity contribution is 5.84. The van der Waals surface area contributed by atoms with Gasteiger partial charge in [-0.05, 0) is 20.3 Å². The van der Waals surface area contributed by atoms with Crippen LogP contribution in [-0.4, -0.2) is 51.6 Å². The van der Waals surface area contributed by atoms with Crippen LogP contribution in [0.4, 0.5) is 0 Å². The van der Waals surface area contributed by atoms with Crippen LogP contribution < -0.4 is 5.32 Å². The molecule has 0 saturated carbocycles. The van der Waals surface area contributed by atoms with Crippen molar-refractivity contribution in [1.29, 1.82) is 0 Å². The fourth-order valence-electron chi connectivity index (χ4n) is 1.01. The molecule has 1 amide bonds. The van der Waals surface area contributed by atoms with E-state index in [1.807, 2.05) is 0 Å². The molecule has 5 heteroatoms. The fourth-order valence-corrected chi connectivity index (χ4v) is 1.01. The average molecular weight is 247 g/mol. The van der Waals surface area contributed by atoms with Gasteiger partial charge in [0.25, 0.3) is 5.91 Å². The van der Waals surface area contributed by atoms with Gasteiger partial charge in [-0.2, -0.15) is 0 Å². The van der Waals surface area contributed by atoms with Crippen LogP contribution in [0.15, 0.2) is 0 Å². The number of ether oxygens (including phenoxy) is 3. The molecule has 17 heavy (non-hydrogen) atoms. The first-order chi connectivity index (χ1) is 8.04. The third-order valence-electron chi connectivity index (χ3n) is 2.31. The van der Waals surface area contributed by atoms with Crippen molar-refractivity contribution >= 4 is 5.91 Å². The van der Waals surface area contributed by atoms with Gasteiger partial charge in [-0.15, -0.1) is 0 Å². The Labute approximate surface area is 104 Å². The van der Waals surface area contributed by atoms with Crippen LogP contribution in [0.25, 0.3) is 0 Å². The lowest BCUT2D eigenvalue weighted by Crippen LogP contribution is -2.44. The Morgan fingerprint density at radius 1 is 1.12 bits per heavy atom. The summed E-state index contributed by atoms with van der Waals surface area (Å²) in [4.78, 5) is 11.6. The van der Waals surface area contributed by atoms with Gasteiger partial charge in [0, 0.05) is 20.3 Å². The van der Waals surface area contributed by atoms with Gasteiger partial charge in [0.2, 0.25) is 0 Å². The lowest BCUT2D eigenvalue weighted by molar-refractivity contribution is -0.139. The molecule has 0 heterocycles. The molecule has 1 N–H and O–H groups in total. The summed E-state index contributed by atoms with van der Waals surface area (Å²) in [6.07, 6.45) is 1.02. The number of hydrogen-bond donors (Lipinski definition) is 1. The second kappa shape index (κ2) is 9.39. The summed E-state index contributed by atoms with van der Waals surface area (Å²) < 4.78 is 15.6. The third-order valence-corrected chi connectivity index (χ3v) is 2.31. The molecule has 0 saturated heterocycles. The van der Waals surface area contributed by atoms with Crippen LogP contribution >= 0.6 is 0 Å². The van der Waals surface area contributed by atoms with Gasteiger partial charge >= 0.3 is 0 Å². The fraction of sp³-hybridized carbons (Fsp3) is 0.917. The Bertz CT molecular complexity index is 207. The van der Waals surface area contributed by atoms with E-state index in [4.69, 9.17) is 14.2 Å². The Hall–Kier alpha value is -0.650. The minimum Gasteiger partial charge on any atom is -0.379 e. The summed E-state index contributed by atoms with van der Waals surface area (Å²) in [5.74, 6) is -0.133. The van der Waals surface area contributed by atoms with Gasteiger partial charge in [-0.1, -0.05) is 6.92 Å². The van der Waals surface area contributed by atoms with Gasteiger partial charge in [-0.25, -0.2) is 0 Å². The number of methoxy groups -OCH3 is 1. The molecule has 0 aromatic carbocycles. The van der Waals surface area contributed by atoms with E-state index >= 15 is 0 Å². The van der Waals surface area contributed by atoms with Gasteiger partial charge in [0.15, 0.2) is 0 Å². The first-order valence-electron chi connectivity index (χ1n) is 6.03. The van der Waals surface area contributed by atoms with Crippen molar-refractivity contribution in [3.63, 3.8) is 0 Å². The summed E-state index contributed by atoms with van der Waals surface area (Å²) in [6.45, 7) is 8.41. The Kier molecular flexibility index (Phi) is 9.03. The molecule has 0 aliphatic heterocycles. The highest BCUT2D eigenvalue weighted by Gasteiger charge is 2.26. The van der Waals surface area contributed by atoms with E-state index in [1.165, 1.54) is 7.11 Å². The Morgan fingerprint density at radius 2 is 1.71 bits per heavy atom. The van der Waals surface area contributed by atoms with Crippen LogP contribution in [0, 0.1) is 0 Å². The van der Waals surface area contributed by atoms with Crippen molar-refractivity contribution in [2.45, 2.75) is 32.8 Å². The zero-order valence-corrected chi connectivity index (χ0v) is 11.4. The molecule has 0 radical (unpaired) electrons. The normalized spacial score (nSPS) is 11.5. The van der Waals surface area contributed by atoms with E-state index in [1.54, 1.807) is 13.8 Å². The molecule has 0 rings (SSSR count). The molecule has 5 nitrogen and oxygen atoms in total. The van der Waals surface area contributed by atoms with Gasteiger partial charge in [0.05, 0.1) is 19.8 Å². The lowest BCUT2D eigenvalue weighted by atomic mass is 10.1. The highest BCUT2D eigenvalue weighted by atomic mass is 16.5. The van der Waals surface area contributed by atoms with E-state index in [-0.39, 0.29) is 5.91 Å². The zero-order chi connectivity index (χ0) is 13.1. The van der Waals surface area contributed by atoms with Crippen molar-refractivity contribution < 1.29 is 19.0 Å². The summed E-state index contributed by atoms with van der Waals surface area (Å²) in [5, 5.41) is 2.75. The Morgan fingerprint density at radius 3 is 2.24 bits per heavy atom. The lowest BCUT2D eigenvalue weighted by Gasteiger charge is -2.21. The van der Waals surface area contributed by atoms with Gasteiger partial charge < -0.3 is 19.5 Å². The molecule has 0 bridgehead atoms. The van der Waals surface area contributed by atoms with Crippen molar-refractivity contribution in [1.82, 2.24) is 5.32 Å².